The summed E-state index contributed by atoms with van der Waals surface area (Å²) in [6.07, 6.45) is 1.26. The van der Waals surface area contributed by atoms with Crippen LogP contribution in [-0.2, 0) is 17.8 Å². The lowest BCUT2D eigenvalue weighted by molar-refractivity contribution is -0.131. The van der Waals surface area contributed by atoms with Crippen LogP contribution in [0.5, 0.6) is 11.5 Å². The molecule has 5 nitrogen and oxygen atoms in total. The summed E-state index contributed by atoms with van der Waals surface area (Å²) in [5.41, 5.74) is 3.88. The van der Waals surface area contributed by atoms with Gasteiger partial charge in [-0.05, 0) is 25.5 Å². The monoisotopic (exact) mass is 332 g/mol. The van der Waals surface area contributed by atoms with E-state index in [-0.39, 0.29) is 5.91 Å². The molecule has 1 aromatic heterocycles. The molecule has 0 unspecified atom stereocenters. The standard InChI is InChI=1S/C17H20N2O3S/c1-12-16(23-11-18-12)5-6-17(20)19-7-8-22-15-9-14(21-2)4-3-13(15)10-19/h3-4,9,11H,5-8,10H2,1-2H3. The van der Waals surface area contributed by atoms with Gasteiger partial charge in [-0.1, -0.05) is 0 Å². The summed E-state index contributed by atoms with van der Waals surface area (Å²) in [5.74, 6) is 1.73. The molecular formula is C17H20N2O3S. The van der Waals surface area contributed by atoms with Crippen molar-refractivity contribution < 1.29 is 14.3 Å². The zero-order chi connectivity index (χ0) is 16.2. The molecule has 3 rings (SSSR count). The van der Waals surface area contributed by atoms with Crippen molar-refractivity contribution in [1.29, 1.82) is 0 Å². The lowest BCUT2D eigenvalue weighted by atomic mass is 10.1. The first-order chi connectivity index (χ1) is 11.2. The van der Waals surface area contributed by atoms with Gasteiger partial charge in [0.1, 0.15) is 18.1 Å². The van der Waals surface area contributed by atoms with Crippen LogP contribution in [0.1, 0.15) is 22.6 Å². The number of amides is 1. The minimum Gasteiger partial charge on any atom is -0.497 e. The van der Waals surface area contributed by atoms with E-state index < -0.39 is 0 Å². The smallest absolute Gasteiger partial charge is 0.223 e. The molecule has 1 aliphatic rings. The number of benzene rings is 1. The van der Waals surface area contributed by atoms with Gasteiger partial charge in [-0.25, -0.2) is 4.98 Å². The Morgan fingerprint density at radius 2 is 2.35 bits per heavy atom. The molecule has 0 aliphatic carbocycles. The van der Waals surface area contributed by atoms with Crippen LogP contribution in [0, 0.1) is 6.92 Å². The molecule has 0 radical (unpaired) electrons. The SMILES string of the molecule is COc1ccc2c(c1)OCCN(C(=O)CCc1scnc1C)C2. The Balaban J connectivity index is 1.65. The zero-order valence-electron chi connectivity index (χ0n) is 13.4. The van der Waals surface area contributed by atoms with Gasteiger partial charge in [-0.2, -0.15) is 0 Å². The van der Waals surface area contributed by atoms with Gasteiger partial charge in [0.2, 0.25) is 5.91 Å². The summed E-state index contributed by atoms with van der Waals surface area (Å²) in [4.78, 5) is 19.8. The molecular weight excluding hydrogens is 312 g/mol. The number of carbonyl (C=O) groups excluding carboxylic acids is 1. The Labute approximate surface area is 139 Å². The van der Waals surface area contributed by atoms with Gasteiger partial charge in [0.15, 0.2) is 0 Å². The number of rotatable bonds is 4. The quantitative estimate of drug-likeness (QED) is 0.864. The molecule has 122 valence electrons. The minimum absolute atomic E-state index is 0.157. The second-order valence-electron chi connectivity index (χ2n) is 5.50. The molecule has 0 atom stereocenters. The average Bonchev–Trinajstić information content (AvgIpc) is 2.85. The maximum atomic E-state index is 12.5. The van der Waals surface area contributed by atoms with E-state index in [9.17, 15) is 4.79 Å². The summed E-state index contributed by atoms with van der Waals surface area (Å²) < 4.78 is 11.0. The maximum absolute atomic E-state index is 12.5. The van der Waals surface area contributed by atoms with Gasteiger partial charge >= 0.3 is 0 Å². The number of fused-ring (bicyclic) bond motifs is 1. The number of aromatic nitrogens is 1. The van der Waals surface area contributed by atoms with Crippen LogP contribution < -0.4 is 9.47 Å². The number of hydrogen-bond acceptors (Lipinski definition) is 5. The molecule has 0 spiro atoms. The minimum atomic E-state index is 0.157. The molecule has 1 aliphatic heterocycles. The Morgan fingerprint density at radius 3 is 3.09 bits per heavy atom. The summed E-state index contributed by atoms with van der Waals surface area (Å²) >= 11 is 1.61. The Bertz CT molecular complexity index is 699. The number of carbonyl (C=O) groups is 1. The molecule has 0 fully saturated rings. The molecule has 0 N–H and O–H groups in total. The highest BCUT2D eigenvalue weighted by molar-refractivity contribution is 7.09. The predicted molar refractivity (Wildman–Crippen MR) is 89.1 cm³/mol. The largest absolute Gasteiger partial charge is 0.497 e. The van der Waals surface area contributed by atoms with E-state index in [0.717, 1.165) is 29.2 Å². The highest BCUT2D eigenvalue weighted by Crippen LogP contribution is 2.28. The van der Waals surface area contributed by atoms with E-state index >= 15 is 0 Å². The van der Waals surface area contributed by atoms with Crippen LogP contribution in [0.3, 0.4) is 0 Å². The van der Waals surface area contributed by atoms with Crippen molar-refractivity contribution in [2.75, 3.05) is 20.3 Å². The van der Waals surface area contributed by atoms with Crippen molar-refractivity contribution in [3.63, 3.8) is 0 Å². The van der Waals surface area contributed by atoms with Crippen molar-refractivity contribution in [1.82, 2.24) is 9.88 Å². The second-order valence-corrected chi connectivity index (χ2v) is 6.44. The number of hydrogen-bond donors (Lipinski definition) is 0. The van der Waals surface area contributed by atoms with Crippen LogP contribution >= 0.6 is 11.3 Å². The Hall–Kier alpha value is -2.08. The van der Waals surface area contributed by atoms with Gasteiger partial charge in [0, 0.05) is 29.5 Å². The first-order valence-electron chi connectivity index (χ1n) is 7.64. The molecule has 2 aromatic rings. The molecule has 0 bridgehead atoms. The molecule has 0 saturated heterocycles. The maximum Gasteiger partial charge on any atom is 0.223 e. The van der Waals surface area contributed by atoms with E-state index in [1.807, 2.05) is 35.5 Å². The fourth-order valence-electron chi connectivity index (χ4n) is 2.63. The number of aryl methyl sites for hydroxylation is 2. The lowest BCUT2D eigenvalue weighted by Crippen LogP contribution is -2.32. The summed E-state index contributed by atoms with van der Waals surface area (Å²) in [7, 11) is 1.63. The third kappa shape index (κ3) is 3.64. The summed E-state index contributed by atoms with van der Waals surface area (Å²) in [6, 6.07) is 5.74. The normalized spacial score (nSPS) is 13.9. The highest BCUT2D eigenvalue weighted by Gasteiger charge is 2.20. The Morgan fingerprint density at radius 1 is 1.48 bits per heavy atom. The van der Waals surface area contributed by atoms with Crippen LogP contribution in [0.4, 0.5) is 0 Å². The second kappa shape index (κ2) is 7.00. The van der Waals surface area contributed by atoms with E-state index in [2.05, 4.69) is 4.98 Å². The first kappa shape index (κ1) is 15.8. The van der Waals surface area contributed by atoms with E-state index in [1.165, 1.54) is 4.88 Å². The summed E-state index contributed by atoms with van der Waals surface area (Å²) in [5, 5.41) is 0. The van der Waals surface area contributed by atoms with Crippen LogP contribution in [-0.4, -0.2) is 36.1 Å². The third-order valence-corrected chi connectivity index (χ3v) is 5.01. The van der Waals surface area contributed by atoms with E-state index in [1.54, 1.807) is 18.4 Å². The van der Waals surface area contributed by atoms with Gasteiger partial charge in [-0.3, -0.25) is 4.79 Å². The van der Waals surface area contributed by atoms with Crippen LogP contribution in [0.25, 0.3) is 0 Å². The van der Waals surface area contributed by atoms with Gasteiger partial charge in [-0.15, -0.1) is 11.3 Å². The van der Waals surface area contributed by atoms with Gasteiger partial charge < -0.3 is 14.4 Å². The van der Waals surface area contributed by atoms with Crippen molar-refractivity contribution in [2.45, 2.75) is 26.3 Å². The average molecular weight is 332 g/mol. The van der Waals surface area contributed by atoms with Crippen molar-refractivity contribution in [3.8, 4) is 11.5 Å². The lowest BCUT2D eigenvalue weighted by Gasteiger charge is -2.19. The number of thiazole rings is 1. The fourth-order valence-corrected chi connectivity index (χ4v) is 3.42. The van der Waals surface area contributed by atoms with Gasteiger partial charge in [0.05, 0.1) is 24.9 Å². The summed E-state index contributed by atoms with van der Waals surface area (Å²) in [6.45, 7) is 3.68. The number of nitrogens with zero attached hydrogens (tertiary/aromatic N) is 2. The van der Waals surface area contributed by atoms with Crippen LogP contribution in [0.15, 0.2) is 23.7 Å². The Kier molecular flexibility index (Phi) is 4.81. The predicted octanol–water partition coefficient (Wildman–Crippen LogP) is 2.81. The molecule has 23 heavy (non-hydrogen) atoms. The topological polar surface area (TPSA) is 51.7 Å². The zero-order valence-corrected chi connectivity index (χ0v) is 14.2. The molecule has 1 aromatic carbocycles. The van der Waals surface area contributed by atoms with Crippen molar-refractivity contribution >= 4 is 17.2 Å². The molecule has 6 heteroatoms. The third-order valence-electron chi connectivity index (χ3n) is 4.02. The van der Waals surface area contributed by atoms with Crippen molar-refractivity contribution in [3.05, 3.63) is 39.8 Å². The fraction of sp³-hybridized carbons (Fsp3) is 0.412. The molecule has 0 saturated carbocycles. The highest BCUT2D eigenvalue weighted by atomic mass is 32.1. The van der Waals surface area contributed by atoms with Crippen LogP contribution in [0.2, 0.25) is 0 Å². The number of ether oxygens (including phenoxy) is 2. The molecule has 2 heterocycles. The first-order valence-corrected chi connectivity index (χ1v) is 8.52. The van der Waals surface area contributed by atoms with Gasteiger partial charge in [0.25, 0.3) is 0 Å². The number of methoxy groups -OCH3 is 1. The molecule has 1 amide bonds. The van der Waals surface area contributed by atoms with E-state index in [0.29, 0.717) is 26.1 Å². The van der Waals surface area contributed by atoms with Crippen molar-refractivity contribution in [2.24, 2.45) is 0 Å². The van der Waals surface area contributed by atoms with E-state index in [4.69, 9.17) is 9.47 Å².